The molecule has 0 bridgehead atoms. The molecule has 2 heterocycles. The molecule has 1 atom stereocenters. The van der Waals surface area contributed by atoms with Gasteiger partial charge in [-0.3, -0.25) is 9.59 Å². The summed E-state index contributed by atoms with van der Waals surface area (Å²) in [6.07, 6.45) is 2.22. The van der Waals surface area contributed by atoms with Gasteiger partial charge in [0, 0.05) is 6.54 Å². The smallest absolute Gasteiger partial charge is 0.328 e. The van der Waals surface area contributed by atoms with Crippen LogP contribution in [0, 0.1) is 13.8 Å². The molecular weight excluding hydrogens is 274 g/mol. The zero-order chi connectivity index (χ0) is 15.6. The Bertz CT molecular complexity index is 623. The first-order valence-corrected chi connectivity index (χ1v) is 6.92. The number of hydrogen-bond donors (Lipinski definition) is 1. The van der Waals surface area contributed by atoms with Gasteiger partial charge in [-0.2, -0.15) is 5.10 Å². The van der Waals surface area contributed by atoms with Crippen molar-refractivity contribution in [3.63, 3.8) is 0 Å². The van der Waals surface area contributed by atoms with E-state index in [2.05, 4.69) is 10.2 Å². The molecule has 1 aliphatic rings. The van der Waals surface area contributed by atoms with Crippen LogP contribution >= 0.6 is 0 Å². The fourth-order valence-corrected chi connectivity index (χ4v) is 2.58. The fourth-order valence-electron chi connectivity index (χ4n) is 2.58. The van der Waals surface area contributed by atoms with Crippen LogP contribution in [0.25, 0.3) is 0 Å². The predicted molar refractivity (Wildman–Crippen MR) is 75.0 cm³/mol. The quantitative estimate of drug-likeness (QED) is 0.804. The molecule has 0 aliphatic carbocycles. The molecule has 7 nitrogen and oxygen atoms in total. The highest BCUT2D eigenvalue weighted by Gasteiger charge is 2.35. The van der Waals surface area contributed by atoms with Crippen LogP contribution in [-0.2, 0) is 9.53 Å². The first-order valence-electron chi connectivity index (χ1n) is 6.92. The third-order valence-electron chi connectivity index (χ3n) is 3.92. The van der Waals surface area contributed by atoms with Gasteiger partial charge in [0.1, 0.15) is 11.6 Å². The second-order valence-corrected chi connectivity index (χ2v) is 5.17. The molecule has 0 unspecified atom stereocenters. The van der Waals surface area contributed by atoms with Crippen LogP contribution in [0.2, 0.25) is 0 Å². The van der Waals surface area contributed by atoms with Gasteiger partial charge >= 0.3 is 5.97 Å². The molecule has 2 rings (SSSR count). The van der Waals surface area contributed by atoms with Gasteiger partial charge in [0.25, 0.3) is 11.5 Å². The number of rotatable bonds is 2. The molecule has 114 valence electrons. The number of ether oxygens (including phenoxy) is 1. The Hall–Kier alpha value is -2.18. The molecule has 21 heavy (non-hydrogen) atoms. The Morgan fingerprint density at radius 1 is 1.33 bits per heavy atom. The standard InChI is InChI=1S/C14H19N3O4/c1-8-9(2)15-16-12(18)11(8)13(19)17-7-5-4-6-10(17)14(20)21-3/h10H,4-7H2,1-3H3,(H,16,18)/t10-/m1/s1. The van der Waals surface area contributed by atoms with E-state index in [1.54, 1.807) is 13.8 Å². The van der Waals surface area contributed by atoms with Gasteiger partial charge in [0.15, 0.2) is 0 Å². The zero-order valence-corrected chi connectivity index (χ0v) is 12.4. The van der Waals surface area contributed by atoms with E-state index >= 15 is 0 Å². The van der Waals surface area contributed by atoms with E-state index in [0.717, 1.165) is 12.8 Å². The topological polar surface area (TPSA) is 92.4 Å². The number of hydrogen-bond acceptors (Lipinski definition) is 5. The van der Waals surface area contributed by atoms with Gasteiger partial charge in [0.2, 0.25) is 0 Å². The van der Waals surface area contributed by atoms with E-state index in [-0.39, 0.29) is 5.56 Å². The lowest BCUT2D eigenvalue weighted by Crippen LogP contribution is -2.49. The van der Waals surface area contributed by atoms with Crippen molar-refractivity contribution < 1.29 is 14.3 Å². The van der Waals surface area contributed by atoms with Crippen molar-refractivity contribution in [3.05, 3.63) is 27.2 Å². The Morgan fingerprint density at radius 3 is 2.71 bits per heavy atom. The molecule has 0 aromatic carbocycles. The van der Waals surface area contributed by atoms with Crippen molar-refractivity contribution in [1.82, 2.24) is 15.1 Å². The van der Waals surface area contributed by atoms with Crippen molar-refractivity contribution in [3.8, 4) is 0 Å². The van der Waals surface area contributed by atoms with E-state index < -0.39 is 23.5 Å². The Labute approximate surface area is 122 Å². The number of carbonyl (C=O) groups excluding carboxylic acids is 2. The minimum absolute atomic E-state index is 0.0540. The summed E-state index contributed by atoms with van der Waals surface area (Å²) in [4.78, 5) is 37.9. The Morgan fingerprint density at radius 2 is 2.05 bits per heavy atom. The van der Waals surface area contributed by atoms with Crippen molar-refractivity contribution in [2.24, 2.45) is 0 Å². The summed E-state index contributed by atoms with van der Waals surface area (Å²) >= 11 is 0. The van der Waals surface area contributed by atoms with E-state index in [1.807, 2.05) is 0 Å². The van der Waals surface area contributed by atoms with E-state index in [4.69, 9.17) is 4.74 Å². The molecule has 0 saturated carbocycles. The highest BCUT2D eigenvalue weighted by atomic mass is 16.5. The summed E-state index contributed by atoms with van der Waals surface area (Å²) in [6.45, 7) is 3.84. The molecule has 1 aliphatic heterocycles. The molecule has 1 aromatic rings. The third-order valence-corrected chi connectivity index (χ3v) is 3.92. The summed E-state index contributed by atoms with van der Waals surface area (Å²) in [5, 5.41) is 6.15. The van der Waals surface area contributed by atoms with Gasteiger partial charge < -0.3 is 9.64 Å². The SMILES string of the molecule is COC(=O)[C@H]1CCCCN1C(=O)c1c(C)c(C)n[nH]c1=O. The molecular formula is C14H19N3O4. The molecule has 0 spiro atoms. The summed E-state index contributed by atoms with van der Waals surface area (Å²) in [5.41, 5.74) is 0.651. The number of aryl methyl sites for hydroxylation is 1. The van der Waals surface area contributed by atoms with Gasteiger partial charge in [-0.25, -0.2) is 9.89 Å². The van der Waals surface area contributed by atoms with E-state index in [1.165, 1.54) is 12.0 Å². The fraction of sp³-hybridized carbons (Fsp3) is 0.571. The first kappa shape index (κ1) is 15.2. The Kier molecular flexibility index (Phi) is 4.40. The van der Waals surface area contributed by atoms with E-state index in [0.29, 0.717) is 24.2 Å². The normalized spacial score (nSPS) is 18.4. The van der Waals surface area contributed by atoms with Crippen LogP contribution in [-0.4, -0.2) is 46.7 Å². The molecule has 1 amide bonds. The zero-order valence-electron chi connectivity index (χ0n) is 12.4. The second kappa shape index (κ2) is 6.07. The summed E-state index contributed by atoms with van der Waals surface area (Å²) in [5.74, 6) is -0.878. The second-order valence-electron chi connectivity index (χ2n) is 5.17. The number of nitrogens with one attached hydrogen (secondary N) is 1. The molecule has 1 aromatic heterocycles. The number of aromatic nitrogens is 2. The average Bonchev–Trinajstić information content (AvgIpc) is 2.50. The van der Waals surface area contributed by atoms with Gasteiger partial charge in [-0.1, -0.05) is 0 Å². The minimum atomic E-state index is -0.622. The van der Waals surface area contributed by atoms with Gasteiger partial charge in [0.05, 0.1) is 12.8 Å². The van der Waals surface area contributed by atoms with Crippen LogP contribution in [0.4, 0.5) is 0 Å². The van der Waals surface area contributed by atoms with Crippen molar-refractivity contribution in [1.29, 1.82) is 0 Å². The van der Waals surface area contributed by atoms with Crippen LogP contribution < -0.4 is 5.56 Å². The van der Waals surface area contributed by atoms with Crippen LogP contribution in [0.1, 0.15) is 40.9 Å². The monoisotopic (exact) mass is 293 g/mol. The minimum Gasteiger partial charge on any atom is -0.467 e. The van der Waals surface area contributed by atoms with Crippen LogP contribution in [0.5, 0.6) is 0 Å². The largest absolute Gasteiger partial charge is 0.467 e. The van der Waals surface area contributed by atoms with Crippen LogP contribution in [0.3, 0.4) is 0 Å². The summed E-state index contributed by atoms with van der Waals surface area (Å²) < 4.78 is 4.76. The van der Waals surface area contributed by atoms with Crippen molar-refractivity contribution >= 4 is 11.9 Å². The number of amides is 1. The molecule has 0 radical (unpaired) electrons. The third kappa shape index (κ3) is 2.81. The number of piperidine rings is 1. The van der Waals surface area contributed by atoms with Crippen molar-refractivity contribution in [2.75, 3.05) is 13.7 Å². The predicted octanol–water partition coefficient (Wildman–Crippen LogP) is 0.554. The number of carbonyl (C=O) groups is 2. The molecule has 1 fully saturated rings. The highest BCUT2D eigenvalue weighted by molar-refractivity contribution is 5.97. The van der Waals surface area contributed by atoms with E-state index in [9.17, 15) is 14.4 Å². The molecule has 7 heteroatoms. The lowest BCUT2D eigenvalue weighted by atomic mass is 10.00. The number of esters is 1. The maximum absolute atomic E-state index is 12.7. The highest BCUT2D eigenvalue weighted by Crippen LogP contribution is 2.21. The van der Waals surface area contributed by atoms with Crippen molar-refractivity contribution in [2.45, 2.75) is 39.2 Å². The van der Waals surface area contributed by atoms with Gasteiger partial charge in [-0.15, -0.1) is 0 Å². The molecule has 1 saturated heterocycles. The average molecular weight is 293 g/mol. The Balaban J connectivity index is 2.40. The maximum atomic E-state index is 12.7. The number of likely N-dealkylation sites (tertiary alicyclic amines) is 1. The molecule has 1 N–H and O–H groups in total. The van der Waals surface area contributed by atoms with Crippen LogP contribution in [0.15, 0.2) is 4.79 Å². The first-order chi connectivity index (χ1) is 9.97. The number of aromatic amines is 1. The lowest BCUT2D eigenvalue weighted by molar-refractivity contribution is -0.147. The number of H-pyrrole nitrogens is 1. The summed E-state index contributed by atoms with van der Waals surface area (Å²) in [7, 11) is 1.30. The number of nitrogens with zero attached hydrogens (tertiary/aromatic N) is 2. The summed E-state index contributed by atoms with van der Waals surface area (Å²) in [6, 6.07) is -0.622. The number of methoxy groups -OCH3 is 1. The van der Waals surface area contributed by atoms with Gasteiger partial charge in [-0.05, 0) is 38.7 Å². The lowest BCUT2D eigenvalue weighted by Gasteiger charge is -2.33. The maximum Gasteiger partial charge on any atom is 0.328 e.